The first-order chi connectivity index (χ1) is 11.4. The molecular formula is C17H11ClF3N3. The van der Waals surface area contributed by atoms with Crippen molar-refractivity contribution in [3.8, 4) is 11.1 Å². The third-order valence-electron chi connectivity index (χ3n) is 3.32. The number of hydrogen-bond donors (Lipinski definition) is 1. The van der Waals surface area contributed by atoms with Gasteiger partial charge in [0.05, 0.1) is 5.56 Å². The average Bonchev–Trinajstić information content (AvgIpc) is 2.56. The normalized spacial score (nSPS) is 11.3. The highest BCUT2D eigenvalue weighted by Gasteiger charge is 2.29. The van der Waals surface area contributed by atoms with E-state index >= 15 is 0 Å². The van der Waals surface area contributed by atoms with Gasteiger partial charge < -0.3 is 5.32 Å². The van der Waals surface area contributed by atoms with Crippen LogP contribution in [0.4, 0.5) is 24.7 Å². The summed E-state index contributed by atoms with van der Waals surface area (Å²) in [4.78, 5) is 8.28. The third kappa shape index (κ3) is 3.65. The summed E-state index contributed by atoms with van der Waals surface area (Å²) in [6.45, 7) is 0. The van der Waals surface area contributed by atoms with Crippen molar-refractivity contribution < 1.29 is 13.2 Å². The summed E-state index contributed by atoms with van der Waals surface area (Å²) in [5.41, 5.74) is 1.37. The first-order valence-electron chi connectivity index (χ1n) is 6.95. The Morgan fingerprint density at radius 2 is 1.67 bits per heavy atom. The van der Waals surface area contributed by atoms with Gasteiger partial charge in [-0.15, -0.1) is 0 Å². The maximum atomic E-state index is 12.6. The highest BCUT2D eigenvalue weighted by Crippen LogP contribution is 2.32. The van der Waals surface area contributed by atoms with Crippen molar-refractivity contribution in [1.29, 1.82) is 0 Å². The van der Waals surface area contributed by atoms with Gasteiger partial charge in [-0.05, 0) is 48.5 Å². The molecule has 0 atom stereocenters. The lowest BCUT2D eigenvalue weighted by Crippen LogP contribution is -2.04. The van der Waals surface area contributed by atoms with E-state index in [1.54, 1.807) is 30.6 Å². The Kier molecular flexibility index (Phi) is 4.40. The van der Waals surface area contributed by atoms with Gasteiger partial charge in [-0.25, -0.2) is 9.97 Å². The SMILES string of the molecule is FC(F)(F)c1ccc(Nc2ncccc2-c2ccc(Cl)nc2)cc1. The molecule has 122 valence electrons. The maximum Gasteiger partial charge on any atom is 0.416 e. The molecule has 24 heavy (non-hydrogen) atoms. The Balaban J connectivity index is 1.89. The molecule has 0 saturated heterocycles. The maximum absolute atomic E-state index is 12.6. The minimum atomic E-state index is -4.36. The summed E-state index contributed by atoms with van der Waals surface area (Å²) >= 11 is 5.79. The van der Waals surface area contributed by atoms with Crippen molar-refractivity contribution in [3.63, 3.8) is 0 Å². The summed E-state index contributed by atoms with van der Waals surface area (Å²) < 4.78 is 37.8. The quantitative estimate of drug-likeness (QED) is 0.629. The van der Waals surface area contributed by atoms with E-state index < -0.39 is 11.7 Å². The van der Waals surface area contributed by atoms with Gasteiger partial charge in [0.25, 0.3) is 0 Å². The number of nitrogens with one attached hydrogen (secondary N) is 1. The molecule has 0 unspecified atom stereocenters. The lowest BCUT2D eigenvalue weighted by molar-refractivity contribution is -0.137. The Labute approximate surface area is 141 Å². The Morgan fingerprint density at radius 1 is 0.917 bits per heavy atom. The van der Waals surface area contributed by atoms with Gasteiger partial charge in [0, 0.05) is 29.2 Å². The Hall–Kier alpha value is -2.60. The zero-order chi connectivity index (χ0) is 17.2. The monoisotopic (exact) mass is 349 g/mol. The van der Waals surface area contributed by atoms with Crippen molar-refractivity contribution in [1.82, 2.24) is 9.97 Å². The summed E-state index contributed by atoms with van der Waals surface area (Å²) in [5.74, 6) is 0.515. The fraction of sp³-hybridized carbons (Fsp3) is 0.0588. The van der Waals surface area contributed by atoms with Crippen LogP contribution in [0.1, 0.15) is 5.56 Å². The second-order valence-corrected chi connectivity index (χ2v) is 5.36. The van der Waals surface area contributed by atoms with Crippen LogP contribution < -0.4 is 5.32 Å². The molecule has 0 fully saturated rings. The van der Waals surface area contributed by atoms with Gasteiger partial charge in [-0.3, -0.25) is 0 Å². The number of pyridine rings is 2. The summed E-state index contributed by atoms with van der Waals surface area (Å²) in [7, 11) is 0. The predicted octanol–water partition coefficient (Wildman–Crippen LogP) is 5.56. The summed E-state index contributed by atoms with van der Waals surface area (Å²) in [6.07, 6.45) is -1.15. The molecule has 2 aromatic heterocycles. The smallest absolute Gasteiger partial charge is 0.340 e. The zero-order valence-electron chi connectivity index (χ0n) is 12.2. The largest absolute Gasteiger partial charge is 0.416 e. The van der Waals surface area contributed by atoms with Crippen molar-refractivity contribution in [2.24, 2.45) is 0 Å². The number of rotatable bonds is 3. The van der Waals surface area contributed by atoms with Crippen LogP contribution in [0.5, 0.6) is 0 Å². The van der Waals surface area contributed by atoms with E-state index in [-0.39, 0.29) is 0 Å². The van der Waals surface area contributed by atoms with Gasteiger partial charge in [0.1, 0.15) is 11.0 Å². The molecule has 1 N–H and O–H groups in total. The molecule has 0 aliphatic carbocycles. The number of aromatic nitrogens is 2. The molecular weight excluding hydrogens is 339 g/mol. The van der Waals surface area contributed by atoms with E-state index in [0.717, 1.165) is 23.3 Å². The van der Waals surface area contributed by atoms with Crippen LogP contribution >= 0.6 is 11.6 Å². The number of alkyl halides is 3. The molecule has 1 aromatic carbocycles. The minimum Gasteiger partial charge on any atom is -0.340 e. The van der Waals surface area contributed by atoms with Crippen LogP contribution in [0.2, 0.25) is 5.15 Å². The van der Waals surface area contributed by atoms with Gasteiger partial charge in [0.2, 0.25) is 0 Å². The van der Waals surface area contributed by atoms with E-state index in [0.29, 0.717) is 16.7 Å². The molecule has 3 rings (SSSR count). The first-order valence-corrected chi connectivity index (χ1v) is 7.32. The van der Waals surface area contributed by atoms with Crippen LogP contribution in [-0.2, 0) is 6.18 Å². The topological polar surface area (TPSA) is 37.8 Å². The van der Waals surface area contributed by atoms with Crippen molar-refractivity contribution in [3.05, 3.63) is 71.6 Å². The Bertz CT molecular complexity index is 831. The molecule has 2 heterocycles. The van der Waals surface area contributed by atoms with E-state index in [4.69, 9.17) is 11.6 Å². The van der Waals surface area contributed by atoms with Crippen LogP contribution in [0.15, 0.2) is 60.9 Å². The van der Waals surface area contributed by atoms with Crippen LogP contribution in [0.25, 0.3) is 11.1 Å². The number of anilines is 2. The molecule has 0 amide bonds. The van der Waals surface area contributed by atoms with Crippen LogP contribution in [0, 0.1) is 0 Å². The highest BCUT2D eigenvalue weighted by molar-refractivity contribution is 6.29. The Morgan fingerprint density at radius 3 is 2.29 bits per heavy atom. The summed E-state index contributed by atoms with van der Waals surface area (Å²) in [6, 6.07) is 11.8. The molecule has 0 aliphatic rings. The van der Waals surface area contributed by atoms with Crippen molar-refractivity contribution in [2.45, 2.75) is 6.18 Å². The second-order valence-electron chi connectivity index (χ2n) is 4.97. The molecule has 0 radical (unpaired) electrons. The molecule has 0 spiro atoms. The summed E-state index contributed by atoms with van der Waals surface area (Å²) in [5, 5.41) is 3.40. The number of halogens is 4. The number of hydrogen-bond acceptors (Lipinski definition) is 3. The fourth-order valence-electron chi connectivity index (χ4n) is 2.15. The number of benzene rings is 1. The van der Waals surface area contributed by atoms with E-state index in [1.165, 1.54) is 12.1 Å². The lowest BCUT2D eigenvalue weighted by Gasteiger charge is -2.12. The second kappa shape index (κ2) is 6.49. The van der Waals surface area contributed by atoms with E-state index in [9.17, 15) is 13.2 Å². The fourth-order valence-corrected chi connectivity index (χ4v) is 2.26. The van der Waals surface area contributed by atoms with E-state index in [2.05, 4.69) is 15.3 Å². The lowest BCUT2D eigenvalue weighted by atomic mass is 10.1. The van der Waals surface area contributed by atoms with Crippen molar-refractivity contribution >= 4 is 23.1 Å². The molecule has 3 nitrogen and oxygen atoms in total. The minimum absolute atomic E-state index is 0.375. The molecule has 3 aromatic rings. The van der Waals surface area contributed by atoms with Crippen molar-refractivity contribution in [2.75, 3.05) is 5.32 Å². The number of nitrogens with zero attached hydrogens (tertiary/aromatic N) is 2. The molecule has 0 bridgehead atoms. The van der Waals surface area contributed by atoms with Gasteiger partial charge in [-0.2, -0.15) is 13.2 Å². The average molecular weight is 350 g/mol. The molecule has 7 heteroatoms. The van der Waals surface area contributed by atoms with Gasteiger partial charge >= 0.3 is 6.18 Å². The van der Waals surface area contributed by atoms with E-state index in [1.807, 2.05) is 6.07 Å². The highest BCUT2D eigenvalue weighted by atomic mass is 35.5. The zero-order valence-corrected chi connectivity index (χ0v) is 12.9. The molecule has 0 saturated carbocycles. The van der Waals surface area contributed by atoms with Crippen LogP contribution in [0.3, 0.4) is 0 Å². The predicted molar refractivity (Wildman–Crippen MR) is 87.2 cm³/mol. The van der Waals surface area contributed by atoms with Gasteiger partial charge in [-0.1, -0.05) is 11.6 Å². The standard InChI is InChI=1S/C17H11ClF3N3/c18-15-8-3-11(10-23-15)14-2-1-9-22-16(14)24-13-6-4-12(5-7-13)17(19,20)21/h1-10H,(H,22,24). The first kappa shape index (κ1) is 16.3. The van der Waals surface area contributed by atoms with Crippen LogP contribution in [-0.4, -0.2) is 9.97 Å². The van der Waals surface area contributed by atoms with Gasteiger partial charge in [0.15, 0.2) is 0 Å². The molecule has 0 aliphatic heterocycles. The third-order valence-corrected chi connectivity index (χ3v) is 3.54.